The summed E-state index contributed by atoms with van der Waals surface area (Å²) < 4.78 is 10.4. The first-order valence-corrected chi connectivity index (χ1v) is 12.2. The van der Waals surface area contributed by atoms with E-state index in [1.54, 1.807) is 19.1 Å². The van der Waals surface area contributed by atoms with E-state index >= 15 is 0 Å². The molecular weight excluding hydrogens is 452 g/mol. The van der Waals surface area contributed by atoms with Crippen molar-refractivity contribution in [2.75, 3.05) is 14.2 Å². The van der Waals surface area contributed by atoms with Gasteiger partial charge in [-0.1, -0.05) is 54.1 Å². The minimum atomic E-state index is -0.729. The van der Waals surface area contributed by atoms with E-state index in [9.17, 15) is 9.59 Å². The smallest absolute Gasteiger partial charge is 0.247 e. The Kier molecular flexibility index (Phi) is 9.51. The van der Waals surface area contributed by atoms with Gasteiger partial charge in [0.1, 0.15) is 17.5 Å². The Hall–Kier alpha value is -3.80. The second-order valence-electron chi connectivity index (χ2n) is 9.12. The number of methoxy groups -OCH3 is 2. The molecule has 190 valence electrons. The molecule has 2 amide bonds. The van der Waals surface area contributed by atoms with Crippen LogP contribution in [0.25, 0.3) is 0 Å². The third kappa shape index (κ3) is 7.11. The minimum Gasteiger partial charge on any atom is -0.497 e. The molecule has 0 aliphatic heterocycles. The van der Waals surface area contributed by atoms with Gasteiger partial charge in [0.25, 0.3) is 0 Å². The van der Waals surface area contributed by atoms with Crippen molar-refractivity contribution in [2.45, 2.75) is 52.2 Å². The lowest BCUT2D eigenvalue weighted by atomic mass is 9.99. The molecule has 0 aliphatic carbocycles. The highest BCUT2D eigenvalue weighted by Crippen LogP contribution is 2.26. The van der Waals surface area contributed by atoms with E-state index in [4.69, 9.17) is 9.47 Å². The number of benzene rings is 3. The van der Waals surface area contributed by atoms with Gasteiger partial charge in [0.15, 0.2) is 0 Å². The number of rotatable bonds is 11. The number of amides is 2. The van der Waals surface area contributed by atoms with Crippen LogP contribution in [0.1, 0.15) is 48.6 Å². The van der Waals surface area contributed by atoms with Gasteiger partial charge in [-0.15, -0.1) is 0 Å². The Labute approximate surface area is 214 Å². The van der Waals surface area contributed by atoms with Gasteiger partial charge in [-0.2, -0.15) is 0 Å². The number of hydrogen-bond acceptors (Lipinski definition) is 4. The molecule has 1 unspecified atom stereocenters. The largest absolute Gasteiger partial charge is 0.497 e. The molecule has 0 saturated heterocycles. The second-order valence-corrected chi connectivity index (χ2v) is 9.12. The number of aryl methyl sites for hydroxylation is 2. The highest BCUT2D eigenvalue weighted by Gasteiger charge is 2.33. The standard InChI is InChI=1S/C30H36N2O4/c1-21(2)32(28(33)19-12-23-8-15-26(35-4)16-9-23)29(25-13-6-22(3)7-14-25)30(34)31-20-24-10-17-27(36-5)18-11-24/h6-11,13-18,21,29H,12,19-20H2,1-5H3,(H,31,34). The van der Waals surface area contributed by atoms with E-state index in [1.807, 2.05) is 93.6 Å². The van der Waals surface area contributed by atoms with Crippen molar-refractivity contribution in [3.05, 3.63) is 95.1 Å². The summed E-state index contributed by atoms with van der Waals surface area (Å²) in [5, 5.41) is 3.04. The molecule has 0 fully saturated rings. The first-order chi connectivity index (χ1) is 17.3. The fourth-order valence-corrected chi connectivity index (χ4v) is 4.12. The van der Waals surface area contributed by atoms with Gasteiger partial charge in [0.2, 0.25) is 11.8 Å². The third-order valence-electron chi connectivity index (χ3n) is 6.18. The molecule has 3 aromatic carbocycles. The summed E-state index contributed by atoms with van der Waals surface area (Å²) in [4.78, 5) is 28.8. The number of carbonyl (C=O) groups is 2. The maximum Gasteiger partial charge on any atom is 0.247 e. The van der Waals surface area contributed by atoms with Gasteiger partial charge >= 0.3 is 0 Å². The third-order valence-corrected chi connectivity index (χ3v) is 6.18. The van der Waals surface area contributed by atoms with Gasteiger partial charge in [-0.25, -0.2) is 0 Å². The minimum absolute atomic E-state index is 0.0639. The molecule has 0 heterocycles. The van der Waals surface area contributed by atoms with Crippen LogP contribution in [-0.2, 0) is 22.6 Å². The van der Waals surface area contributed by atoms with Crippen molar-refractivity contribution in [1.29, 1.82) is 0 Å². The van der Waals surface area contributed by atoms with Gasteiger partial charge in [-0.05, 0) is 68.1 Å². The number of ether oxygens (including phenoxy) is 2. The molecule has 1 atom stereocenters. The van der Waals surface area contributed by atoms with Crippen molar-refractivity contribution < 1.29 is 19.1 Å². The lowest BCUT2D eigenvalue weighted by Gasteiger charge is -2.35. The summed E-state index contributed by atoms with van der Waals surface area (Å²) in [6, 6.07) is 22.2. The van der Waals surface area contributed by atoms with Crippen LogP contribution in [0.15, 0.2) is 72.8 Å². The summed E-state index contributed by atoms with van der Waals surface area (Å²) in [7, 11) is 3.25. The zero-order chi connectivity index (χ0) is 26.1. The molecule has 3 aromatic rings. The molecule has 0 aliphatic rings. The fourth-order valence-electron chi connectivity index (χ4n) is 4.12. The van der Waals surface area contributed by atoms with E-state index in [0.29, 0.717) is 19.4 Å². The Morgan fingerprint density at radius 1 is 0.806 bits per heavy atom. The van der Waals surface area contributed by atoms with Crippen LogP contribution < -0.4 is 14.8 Å². The van der Waals surface area contributed by atoms with E-state index in [-0.39, 0.29) is 17.9 Å². The lowest BCUT2D eigenvalue weighted by Crippen LogP contribution is -2.47. The zero-order valence-corrected chi connectivity index (χ0v) is 21.8. The first-order valence-electron chi connectivity index (χ1n) is 12.2. The monoisotopic (exact) mass is 488 g/mol. The van der Waals surface area contributed by atoms with Gasteiger partial charge in [0, 0.05) is 19.0 Å². The van der Waals surface area contributed by atoms with Gasteiger partial charge < -0.3 is 19.7 Å². The van der Waals surface area contributed by atoms with E-state index in [0.717, 1.165) is 33.8 Å². The molecule has 0 aromatic heterocycles. The molecule has 36 heavy (non-hydrogen) atoms. The molecule has 6 heteroatoms. The summed E-state index contributed by atoms with van der Waals surface area (Å²) in [6.07, 6.45) is 0.888. The lowest BCUT2D eigenvalue weighted by molar-refractivity contribution is -0.143. The summed E-state index contributed by atoms with van der Waals surface area (Å²) in [5.74, 6) is 1.27. The number of hydrogen-bond donors (Lipinski definition) is 1. The van der Waals surface area contributed by atoms with Crippen LogP contribution in [0, 0.1) is 6.92 Å². The van der Waals surface area contributed by atoms with Crippen LogP contribution >= 0.6 is 0 Å². The maximum atomic E-state index is 13.6. The van der Waals surface area contributed by atoms with Gasteiger partial charge in [0.05, 0.1) is 14.2 Å². The van der Waals surface area contributed by atoms with Crippen LogP contribution in [0.3, 0.4) is 0 Å². The Bertz CT molecular complexity index is 1120. The second kappa shape index (κ2) is 12.8. The maximum absolute atomic E-state index is 13.6. The average Bonchev–Trinajstić information content (AvgIpc) is 2.90. The zero-order valence-electron chi connectivity index (χ0n) is 21.8. The topological polar surface area (TPSA) is 67.9 Å². The predicted molar refractivity (Wildman–Crippen MR) is 142 cm³/mol. The Balaban J connectivity index is 1.80. The molecular formula is C30H36N2O4. The first kappa shape index (κ1) is 26.8. The molecule has 0 saturated carbocycles. The van der Waals surface area contributed by atoms with Crippen LogP contribution in [0.2, 0.25) is 0 Å². The van der Waals surface area contributed by atoms with Gasteiger partial charge in [-0.3, -0.25) is 9.59 Å². The van der Waals surface area contributed by atoms with Crippen molar-refractivity contribution >= 4 is 11.8 Å². The highest BCUT2D eigenvalue weighted by atomic mass is 16.5. The van der Waals surface area contributed by atoms with Crippen molar-refractivity contribution in [3.8, 4) is 11.5 Å². The fraction of sp³-hybridized carbons (Fsp3) is 0.333. The number of carbonyl (C=O) groups excluding carboxylic acids is 2. The van der Waals surface area contributed by atoms with E-state index in [2.05, 4.69) is 5.32 Å². The van der Waals surface area contributed by atoms with Crippen LogP contribution in [0.4, 0.5) is 0 Å². The normalized spacial score (nSPS) is 11.6. The number of nitrogens with zero attached hydrogens (tertiary/aromatic N) is 1. The Morgan fingerprint density at radius 2 is 1.33 bits per heavy atom. The molecule has 0 spiro atoms. The SMILES string of the molecule is COc1ccc(CCC(=O)N(C(C)C)C(C(=O)NCc2ccc(OC)cc2)c2ccc(C)cc2)cc1. The van der Waals surface area contributed by atoms with Crippen molar-refractivity contribution in [1.82, 2.24) is 10.2 Å². The number of nitrogens with one attached hydrogen (secondary N) is 1. The predicted octanol–water partition coefficient (Wildman–Crippen LogP) is 5.24. The summed E-state index contributed by atoms with van der Waals surface area (Å²) >= 11 is 0. The van der Waals surface area contributed by atoms with E-state index in [1.165, 1.54) is 0 Å². The molecule has 0 radical (unpaired) electrons. The summed E-state index contributed by atoms with van der Waals surface area (Å²) in [5.41, 5.74) is 3.88. The summed E-state index contributed by atoms with van der Waals surface area (Å²) in [6.45, 7) is 6.26. The quantitative estimate of drug-likeness (QED) is 0.401. The van der Waals surface area contributed by atoms with Crippen LogP contribution in [-0.4, -0.2) is 37.0 Å². The van der Waals surface area contributed by atoms with Crippen molar-refractivity contribution in [3.63, 3.8) is 0 Å². The Morgan fingerprint density at radius 3 is 1.83 bits per heavy atom. The molecule has 0 bridgehead atoms. The molecule has 6 nitrogen and oxygen atoms in total. The van der Waals surface area contributed by atoms with Crippen LogP contribution in [0.5, 0.6) is 11.5 Å². The molecule has 3 rings (SSSR count). The molecule has 1 N–H and O–H groups in total. The van der Waals surface area contributed by atoms with E-state index < -0.39 is 6.04 Å². The van der Waals surface area contributed by atoms with Crippen molar-refractivity contribution in [2.24, 2.45) is 0 Å². The highest BCUT2D eigenvalue weighted by molar-refractivity contribution is 5.89. The average molecular weight is 489 g/mol.